The SMILES string of the molecule is OCCOC(=C\C=C1N(c2ccccc2)c2cc3ccccc3cc2N1c1ccccc1)/C=C/c1n(-c2ccccc2)c2cc3ccccc3cc2[n+]1-c1ccccc1.[I-]. The van der Waals surface area contributed by atoms with Gasteiger partial charge in [0, 0.05) is 17.5 Å². The summed E-state index contributed by atoms with van der Waals surface area (Å²) in [7, 11) is 0. The topological polar surface area (TPSA) is 44.8 Å². The quantitative estimate of drug-likeness (QED) is 0.0645. The number of hydrogen-bond donors (Lipinski definition) is 1. The first-order chi connectivity index (χ1) is 29.2. The first kappa shape index (κ1) is 38.6. The number of ether oxygens (including phenoxy) is 1. The molecule has 292 valence electrons. The zero-order chi connectivity index (χ0) is 39.5. The maximum atomic E-state index is 10.0. The number of para-hydroxylation sites is 4. The standard InChI is InChI=1S/C53H41N4O2.HI/c58-33-34-59-47(29-31-52-54(43-21-5-1-6-22-43)48-35-39-17-13-14-18-40(39)36-49(48)55(52)44-23-7-2-8-24-44)30-32-53-56(45-25-9-3-10-26-45)50-37-41-19-15-16-20-42(41)38-51(50)57(53)46-27-11-4-12-28-46;/h1-32,35-38,58H,33-34H2;1H/q+1;/p-1. The summed E-state index contributed by atoms with van der Waals surface area (Å²) in [5.41, 5.74) is 8.48. The summed E-state index contributed by atoms with van der Waals surface area (Å²) in [5.74, 6) is 2.48. The molecule has 2 heterocycles. The summed E-state index contributed by atoms with van der Waals surface area (Å²) in [6, 6.07) is 68.0. The van der Waals surface area contributed by atoms with Crippen LogP contribution in [0.15, 0.2) is 224 Å². The molecule has 10 rings (SSSR count). The molecular weight excluding hydrogens is 852 g/mol. The number of halogens is 1. The molecular formula is C53H41IN4O2. The van der Waals surface area contributed by atoms with Crippen LogP contribution in [0.1, 0.15) is 5.82 Å². The molecule has 1 aliphatic rings. The molecule has 0 unspecified atom stereocenters. The zero-order valence-electron chi connectivity index (χ0n) is 32.7. The molecule has 7 heteroatoms. The van der Waals surface area contributed by atoms with Crippen molar-refractivity contribution >= 4 is 61.4 Å². The Labute approximate surface area is 366 Å². The van der Waals surface area contributed by atoms with E-state index in [2.05, 4.69) is 201 Å². The minimum Gasteiger partial charge on any atom is -1.00 e. The fraction of sp³-hybridized carbons (Fsp3) is 0.0377. The van der Waals surface area contributed by atoms with Gasteiger partial charge in [-0.2, -0.15) is 9.13 Å². The first-order valence-electron chi connectivity index (χ1n) is 19.9. The highest BCUT2D eigenvalue weighted by molar-refractivity contribution is 6.01. The van der Waals surface area contributed by atoms with Gasteiger partial charge in [-0.05, 0) is 113 Å². The second-order valence-electron chi connectivity index (χ2n) is 14.4. The number of fused-ring (bicyclic) bond motifs is 4. The molecule has 0 amide bonds. The smallest absolute Gasteiger partial charge is 0.293 e. The molecule has 9 aromatic rings. The van der Waals surface area contributed by atoms with Crippen LogP contribution in [0, 0.1) is 0 Å². The van der Waals surface area contributed by atoms with Crippen molar-refractivity contribution in [2.75, 3.05) is 23.0 Å². The number of aromatic nitrogens is 2. The Kier molecular flexibility index (Phi) is 11.0. The third-order valence-corrected chi connectivity index (χ3v) is 10.8. The molecule has 0 radical (unpaired) electrons. The van der Waals surface area contributed by atoms with Crippen LogP contribution in [0.5, 0.6) is 0 Å². The highest BCUT2D eigenvalue weighted by Gasteiger charge is 2.34. The van der Waals surface area contributed by atoms with E-state index in [4.69, 9.17) is 4.74 Å². The third kappa shape index (κ3) is 7.23. The van der Waals surface area contributed by atoms with Crippen molar-refractivity contribution in [2.45, 2.75) is 0 Å². The third-order valence-electron chi connectivity index (χ3n) is 10.8. The molecule has 8 aromatic carbocycles. The number of anilines is 4. The zero-order valence-corrected chi connectivity index (χ0v) is 34.9. The molecule has 1 N–H and O–H groups in total. The number of imidazole rings is 1. The van der Waals surface area contributed by atoms with E-state index >= 15 is 0 Å². The molecule has 0 spiro atoms. The average Bonchev–Trinajstić information content (AvgIpc) is 3.79. The van der Waals surface area contributed by atoms with Crippen molar-refractivity contribution in [1.82, 2.24) is 4.57 Å². The van der Waals surface area contributed by atoms with Crippen molar-refractivity contribution < 1.29 is 38.4 Å². The number of aliphatic hydroxyl groups excluding tert-OH is 1. The lowest BCUT2D eigenvalue weighted by molar-refractivity contribution is -0.570. The summed E-state index contributed by atoms with van der Waals surface area (Å²) in [6.07, 6.45) is 8.25. The maximum absolute atomic E-state index is 10.0. The normalized spacial score (nSPS) is 12.7. The second-order valence-corrected chi connectivity index (χ2v) is 14.4. The molecule has 0 saturated carbocycles. The Morgan fingerprint density at radius 1 is 0.550 bits per heavy atom. The van der Waals surface area contributed by atoms with Crippen molar-refractivity contribution in [3.8, 4) is 11.4 Å². The molecule has 0 bridgehead atoms. The van der Waals surface area contributed by atoms with Crippen molar-refractivity contribution in [3.05, 3.63) is 230 Å². The van der Waals surface area contributed by atoms with E-state index in [1.807, 2.05) is 36.4 Å². The van der Waals surface area contributed by atoms with Crippen LogP contribution in [0.25, 0.3) is 50.0 Å². The van der Waals surface area contributed by atoms with E-state index in [-0.39, 0.29) is 37.2 Å². The lowest BCUT2D eigenvalue weighted by Crippen LogP contribution is -3.00. The summed E-state index contributed by atoms with van der Waals surface area (Å²) >= 11 is 0. The molecule has 60 heavy (non-hydrogen) atoms. The summed E-state index contributed by atoms with van der Waals surface area (Å²) < 4.78 is 11.0. The minimum absolute atomic E-state index is 0. The lowest BCUT2D eigenvalue weighted by Gasteiger charge is -2.25. The van der Waals surface area contributed by atoms with Crippen LogP contribution in [0.2, 0.25) is 0 Å². The Morgan fingerprint density at radius 2 is 1.02 bits per heavy atom. The van der Waals surface area contributed by atoms with Gasteiger partial charge in [-0.15, -0.1) is 0 Å². The van der Waals surface area contributed by atoms with Crippen LogP contribution in [0.3, 0.4) is 0 Å². The van der Waals surface area contributed by atoms with Gasteiger partial charge in [-0.3, -0.25) is 9.80 Å². The van der Waals surface area contributed by atoms with Gasteiger partial charge in [-0.1, -0.05) is 121 Å². The van der Waals surface area contributed by atoms with Crippen LogP contribution < -0.4 is 38.3 Å². The maximum Gasteiger partial charge on any atom is 0.293 e. The van der Waals surface area contributed by atoms with E-state index in [0.29, 0.717) is 5.76 Å². The van der Waals surface area contributed by atoms with Crippen LogP contribution >= 0.6 is 0 Å². The minimum atomic E-state index is -0.118. The predicted octanol–water partition coefficient (Wildman–Crippen LogP) is 8.96. The van der Waals surface area contributed by atoms with E-state index in [1.165, 1.54) is 21.5 Å². The highest BCUT2D eigenvalue weighted by Crippen LogP contribution is 2.51. The van der Waals surface area contributed by atoms with E-state index in [9.17, 15) is 5.11 Å². The van der Waals surface area contributed by atoms with Crippen LogP contribution in [-0.2, 0) is 4.74 Å². The van der Waals surface area contributed by atoms with Gasteiger partial charge in [-0.25, -0.2) is 0 Å². The molecule has 0 fully saturated rings. The van der Waals surface area contributed by atoms with Crippen molar-refractivity contribution in [3.63, 3.8) is 0 Å². The highest BCUT2D eigenvalue weighted by atomic mass is 127. The van der Waals surface area contributed by atoms with Crippen molar-refractivity contribution in [1.29, 1.82) is 0 Å². The number of allylic oxidation sites excluding steroid dienone is 3. The Balaban J connectivity index is 0.00000462. The lowest BCUT2D eigenvalue weighted by atomic mass is 10.1. The van der Waals surface area contributed by atoms with Crippen LogP contribution in [0.4, 0.5) is 22.7 Å². The fourth-order valence-electron chi connectivity index (χ4n) is 8.16. The van der Waals surface area contributed by atoms with Gasteiger partial charge in [0.15, 0.2) is 11.0 Å². The Morgan fingerprint density at radius 3 is 1.55 bits per heavy atom. The monoisotopic (exact) mass is 892 g/mol. The predicted molar refractivity (Wildman–Crippen MR) is 242 cm³/mol. The number of hydrogen-bond acceptors (Lipinski definition) is 4. The van der Waals surface area contributed by atoms with Gasteiger partial charge in [0.1, 0.15) is 29.6 Å². The molecule has 0 atom stereocenters. The summed E-state index contributed by atoms with van der Waals surface area (Å²) in [4.78, 5) is 4.61. The van der Waals surface area contributed by atoms with Crippen molar-refractivity contribution in [2.24, 2.45) is 0 Å². The summed E-state index contributed by atoms with van der Waals surface area (Å²) in [5, 5.41) is 14.7. The molecule has 0 aliphatic carbocycles. The Bertz CT molecular complexity index is 2850. The first-order valence-corrected chi connectivity index (χ1v) is 19.9. The molecule has 1 aliphatic heterocycles. The van der Waals surface area contributed by atoms with Crippen LogP contribution in [-0.4, -0.2) is 22.9 Å². The number of rotatable bonds is 10. The Hall–Kier alpha value is -6.94. The van der Waals surface area contributed by atoms with E-state index in [1.54, 1.807) is 0 Å². The van der Waals surface area contributed by atoms with Gasteiger partial charge < -0.3 is 33.8 Å². The van der Waals surface area contributed by atoms with Gasteiger partial charge >= 0.3 is 0 Å². The molecule has 6 nitrogen and oxygen atoms in total. The fourth-order valence-corrected chi connectivity index (χ4v) is 8.16. The number of nitrogens with zero attached hydrogens (tertiary/aromatic N) is 4. The molecule has 1 aromatic heterocycles. The van der Waals surface area contributed by atoms with Gasteiger partial charge in [0.25, 0.3) is 5.82 Å². The number of aliphatic hydroxyl groups is 1. The largest absolute Gasteiger partial charge is 1.00 e. The van der Waals surface area contributed by atoms with E-state index < -0.39 is 0 Å². The average molecular weight is 893 g/mol. The van der Waals surface area contributed by atoms with E-state index in [0.717, 1.165) is 56.8 Å². The van der Waals surface area contributed by atoms with Gasteiger partial charge in [0.2, 0.25) is 0 Å². The summed E-state index contributed by atoms with van der Waals surface area (Å²) in [6.45, 7) is 0.0223. The number of benzene rings is 8. The second kappa shape index (κ2) is 17.1. The van der Waals surface area contributed by atoms with Gasteiger partial charge in [0.05, 0.1) is 18.0 Å². The molecule has 0 saturated heterocycles.